The van der Waals surface area contributed by atoms with Crippen LogP contribution in [0.15, 0.2) is 33.3 Å². The van der Waals surface area contributed by atoms with E-state index < -0.39 is 11.9 Å². The summed E-state index contributed by atoms with van der Waals surface area (Å²) in [6.07, 6.45) is 0. The number of carbonyl (C=O) groups excluding carboxylic acids is 2. The van der Waals surface area contributed by atoms with E-state index in [0.717, 1.165) is 11.1 Å². The molecule has 0 atom stereocenters. The molecular weight excluding hydrogens is 364 g/mol. The van der Waals surface area contributed by atoms with Crippen molar-refractivity contribution in [3.8, 4) is 0 Å². The Kier molecular flexibility index (Phi) is 5.58. The molecule has 0 unspecified atom stereocenters. The van der Waals surface area contributed by atoms with Gasteiger partial charge in [0.15, 0.2) is 0 Å². The first-order chi connectivity index (χ1) is 13.4. The zero-order chi connectivity index (χ0) is 20.3. The van der Waals surface area contributed by atoms with Crippen LogP contribution in [0.1, 0.15) is 54.8 Å². The number of hydrogen-bond acceptors (Lipinski definition) is 8. The van der Waals surface area contributed by atoms with E-state index in [-0.39, 0.29) is 13.2 Å². The molecule has 8 nitrogen and oxygen atoms in total. The standard InChI is InChI=1S/C20H20N2O6/c1-11-17(13(3)27-21-11)19(23)25-9-15-6-5-7-16(8-15)10-26-20(24)18-12(2)22-28-14(18)4/h5-8H,9-10H2,1-4H3. The molecule has 0 aliphatic carbocycles. The molecule has 1 aromatic carbocycles. The summed E-state index contributed by atoms with van der Waals surface area (Å²) in [6, 6.07) is 7.25. The first-order valence-electron chi connectivity index (χ1n) is 8.64. The van der Waals surface area contributed by atoms with E-state index in [1.165, 1.54) is 0 Å². The summed E-state index contributed by atoms with van der Waals surface area (Å²) in [4.78, 5) is 24.4. The van der Waals surface area contributed by atoms with Gasteiger partial charge in [0.1, 0.15) is 35.9 Å². The van der Waals surface area contributed by atoms with Crippen LogP contribution in [0.25, 0.3) is 0 Å². The maximum atomic E-state index is 12.2. The van der Waals surface area contributed by atoms with Gasteiger partial charge >= 0.3 is 11.9 Å². The number of benzene rings is 1. The van der Waals surface area contributed by atoms with Gasteiger partial charge in [-0.05, 0) is 44.9 Å². The number of ether oxygens (including phenoxy) is 2. The van der Waals surface area contributed by atoms with Gasteiger partial charge in [0.2, 0.25) is 0 Å². The number of nitrogens with zero attached hydrogens (tertiary/aromatic N) is 2. The van der Waals surface area contributed by atoms with Crippen LogP contribution < -0.4 is 0 Å². The predicted molar refractivity (Wildman–Crippen MR) is 96.6 cm³/mol. The number of esters is 2. The highest BCUT2D eigenvalue weighted by Crippen LogP contribution is 2.17. The molecule has 0 spiro atoms. The minimum absolute atomic E-state index is 0.0779. The van der Waals surface area contributed by atoms with Crippen molar-refractivity contribution in [3.63, 3.8) is 0 Å². The molecule has 0 amide bonds. The van der Waals surface area contributed by atoms with Gasteiger partial charge in [0.05, 0.1) is 11.4 Å². The van der Waals surface area contributed by atoms with Crippen molar-refractivity contribution >= 4 is 11.9 Å². The largest absolute Gasteiger partial charge is 0.457 e. The first-order valence-corrected chi connectivity index (χ1v) is 8.64. The lowest BCUT2D eigenvalue weighted by molar-refractivity contribution is 0.0468. The molecule has 0 radical (unpaired) electrons. The lowest BCUT2D eigenvalue weighted by Gasteiger charge is -2.08. The third kappa shape index (κ3) is 4.11. The Morgan fingerprint density at radius 3 is 1.61 bits per heavy atom. The predicted octanol–water partition coefficient (Wildman–Crippen LogP) is 3.61. The number of aryl methyl sites for hydroxylation is 4. The van der Waals surface area contributed by atoms with Gasteiger partial charge in [-0.1, -0.05) is 28.5 Å². The fraction of sp³-hybridized carbons (Fsp3) is 0.300. The van der Waals surface area contributed by atoms with E-state index in [4.69, 9.17) is 18.5 Å². The summed E-state index contributed by atoms with van der Waals surface area (Å²) in [6.45, 7) is 6.83. The summed E-state index contributed by atoms with van der Waals surface area (Å²) >= 11 is 0. The van der Waals surface area contributed by atoms with Gasteiger partial charge in [0.25, 0.3) is 0 Å². The van der Waals surface area contributed by atoms with Crippen molar-refractivity contribution in [2.75, 3.05) is 0 Å². The topological polar surface area (TPSA) is 105 Å². The van der Waals surface area contributed by atoms with Crippen LogP contribution in [0.2, 0.25) is 0 Å². The zero-order valence-corrected chi connectivity index (χ0v) is 16.1. The van der Waals surface area contributed by atoms with Crippen LogP contribution in [0.5, 0.6) is 0 Å². The van der Waals surface area contributed by atoms with Gasteiger partial charge in [0, 0.05) is 0 Å². The number of rotatable bonds is 6. The summed E-state index contributed by atoms with van der Waals surface area (Å²) in [5.41, 5.74) is 3.19. The van der Waals surface area contributed by atoms with Crippen LogP contribution >= 0.6 is 0 Å². The van der Waals surface area contributed by atoms with E-state index in [0.29, 0.717) is 34.0 Å². The summed E-state index contributed by atoms with van der Waals surface area (Å²) in [5, 5.41) is 7.49. The molecule has 3 aromatic rings. The molecule has 146 valence electrons. The maximum Gasteiger partial charge on any atom is 0.344 e. The van der Waals surface area contributed by atoms with Crippen molar-refractivity contribution in [3.05, 3.63) is 69.4 Å². The second-order valence-electron chi connectivity index (χ2n) is 6.37. The van der Waals surface area contributed by atoms with E-state index in [1.807, 2.05) is 12.1 Å². The molecule has 2 aromatic heterocycles. The number of carbonyl (C=O) groups is 2. The van der Waals surface area contributed by atoms with Gasteiger partial charge in [-0.2, -0.15) is 0 Å². The Morgan fingerprint density at radius 1 is 0.821 bits per heavy atom. The van der Waals surface area contributed by atoms with Crippen LogP contribution in [-0.4, -0.2) is 22.3 Å². The highest BCUT2D eigenvalue weighted by Gasteiger charge is 2.20. The lowest BCUT2D eigenvalue weighted by Crippen LogP contribution is -2.08. The molecule has 0 aliphatic rings. The minimum atomic E-state index is -0.494. The molecule has 0 aliphatic heterocycles. The van der Waals surface area contributed by atoms with Gasteiger partial charge in [-0.15, -0.1) is 0 Å². The second kappa shape index (κ2) is 8.08. The van der Waals surface area contributed by atoms with Crippen LogP contribution in [0, 0.1) is 27.7 Å². The molecule has 0 fully saturated rings. The van der Waals surface area contributed by atoms with Crippen LogP contribution in [0.3, 0.4) is 0 Å². The van der Waals surface area contributed by atoms with E-state index in [9.17, 15) is 9.59 Å². The minimum Gasteiger partial charge on any atom is -0.457 e. The molecule has 0 N–H and O–H groups in total. The van der Waals surface area contributed by atoms with Gasteiger partial charge in [-0.3, -0.25) is 0 Å². The van der Waals surface area contributed by atoms with Crippen LogP contribution in [0.4, 0.5) is 0 Å². The highest BCUT2D eigenvalue weighted by atomic mass is 16.5. The first kappa shape index (κ1) is 19.3. The Bertz CT molecular complexity index is 901. The Morgan fingerprint density at radius 2 is 1.25 bits per heavy atom. The molecule has 28 heavy (non-hydrogen) atoms. The summed E-state index contributed by atoms with van der Waals surface area (Å²) in [7, 11) is 0. The smallest absolute Gasteiger partial charge is 0.344 e. The summed E-state index contributed by atoms with van der Waals surface area (Å²) < 4.78 is 20.6. The second-order valence-corrected chi connectivity index (χ2v) is 6.37. The monoisotopic (exact) mass is 384 g/mol. The molecule has 2 heterocycles. The normalized spacial score (nSPS) is 10.7. The van der Waals surface area contributed by atoms with Crippen molar-refractivity contribution in [1.29, 1.82) is 0 Å². The highest BCUT2D eigenvalue weighted by molar-refractivity contribution is 5.92. The zero-order valence-electron chi connectivity index (χ0n) is 16.1. The van der Waals surface area contributed by atoms with Gasteiger partial charge < -0.3 is 18.5 Å². The fourth-order valence-electron chi connectivity index (χ4n) is 2.80. The van der Waals surface area contributed by atoms with E-state index >= 15 is 0 Å². The van der Waals surface area contributed by atoms with Crippen LogP contribution in [-0.2, 0) is 22.7 Å². The average molecular weight is 384 g/mol. The lowest BCUT2D eigenvalue weighted by atomic mass is 10.1. The quantitative estimate of drug-likeness (QED) is 0.594. The number of hydrogen-bond donors (Lipinski definition) is 0. The Balaban J connectivity index is 1.60. The third-order valence-electron chi connectivity index (χ3n) is 4.21. The van der Waals surface area contributed by atoms with Crippen molar-refractivity contribution in [2.24, 2.45) is 0 Å². The molecule has 0 saturated heterocycles. The van der Waals surface area contributed by atoms with Crippen molar-refractivity contribution in [1.82, 2.24) is 10.3 Å². The molecular formula is C20H20N2O6. The molecule has 0 saturated carbocycles. The average Bonchev–Trinajstić information content (AvgIpc) is 3.19. The number of aromatic nitrogens is 2. The molecule has 3 rings (SSSR count). The Labute approximate surface area is 161 Å². The van der Waals surface area contributed by atoms with Crippen molar-refractivity contribution in [2.45, 2.75) is 40.9 Å². The summed E-state index contributed by atoms with van der Waals surface area (Å²) in [5.74, 6) is -0.150. The van der Waals surface area contributed by atoms with E-state index in [2.05, 4.69) is 10.3 Å². The fourth-order valence-corrected chi connectivity index (χ4v) is 2.80. The third-order valence-corrected chi connectivity index (χ3v) is 4.21. The van der Waals surface area contributed by atoms with Gasteiger partial charge in [-0.25, -0.2) is 9.59 Å². The maximum absolute atomic E-state index is 12.2. The SMILES string of the molecule is Cc1noc(C)c1C(=O)OCc1cccc(COC(=O)c2c(C)noc2C)c1. The molecule has 0 bridgehead atoms. The molecule has 8 heteroatoms. The van der Waals surface area contributed by atoms with E-state index in [1.54, 1.807) is 39.8 Å². The Hall–Kier alpha value is -3.42. The van der Waals surface area contributed by atoms with Crippen molar-refractivity contribution < 1.29 is 28.1 Å².